The molecule has 0 N–H and O–H groups in total. The Balaban J connectivity index is 1.69. The Morgan fingerprint density at radius 2 is 2.10 bits per heavy atom. The Hall–Kier alpha value is -1.88. The summed E-state index contributed by atoms with van der Waals surface area (Å²) in [6.45, 7) is 3.47. The minimum absolute atomic E-state index is 0.113. The van der Waals surface area contributed by atoms with Crippen molar-refractivity contribution in [2.75, 3.05) is 0 Å². The van der Waals surface area contributed by atoms with Crippen molar-refractivity contribution in [3.63, 3.8) is 0 Å². The number of carbonyl (C=O) groups is 1. The van der Waals surface area contributed by atoms with Gasteiger partial charge in [-0.25, -0.2) is 4.98 Å². The second kappa shape index (κ2) is 5.85. The van der Waals surface area contributed by atoms with E-state index in [-0.39, 0.29) is 5.91 Å². The van der Waals surface area contributed by atoms with Crippen molar-refractivity contribution in [1.82, 2.24) is 9.88 Å². The number of pyridine rings is 1. The quantitative estimate of drug-likeness (QED) is 0.801. The zero-order valence-corrected chi connectivity index (χ0v) is 13.3. The van der Waals surface area contributed by atoms with E-state index in [2.05, 4.69) is 33.0 Å². The number of amides is 1. The van der Waals surface area contributed by atoms with Gasteiger partial charge in [0.05, 0.1) is 0 Å². The van der Waals surface area contributed by atoms with Gasteiger partial charge in [0.1, 0.15) is 11.2 Å². The molecule has 0 fully saturated rings. The minimum atomic E-state index is 0.113. The van der Waals surface area contributed by atoms with Crippen molar-refractivity contribution in [1.29, 1.82) is 0 Å². The van der Waals surface area contributed by atoms with Crippen LogP contribution in [0.1, 0.15) is 23.6 Å². The molecule has 1 amide bonds. The molecule has 5 heteroatoms. The van der Waals surface area contributed by atoms with E-state index in [4.69, 9.17) is 4.74 Å². The molecule has 0 spiro atoms. The van der Waals surface area contributed by atoms with Gasteiger partial charge in [-0.05, 0) is 38.7 Å². The lowest BCUT2D eigenvalue weighted by Gasteiger charge is -2.11. The van der Waals surface area contributed by atoms with Crippen LogP contribution in [0.4, 0.5) is 0 Å². The predicted molar refractivity (Wildman–Crippen MR) is 82.6 cm³/mol. The van der Waals surface area contributed by atoms with Gasteiger partial charge >= 0.3 is 0 Å². The van der Waals surface area contributed by atoms with Crippen molar-refractivity contribution < 1.29 is 9.53 Å². The van der Waals surface area contributed by atoms with Crippen LogP contribution in [-0.2, 0) is 24.5 Å². The minimum Gasteiger partial charge on any atom is -0.473 e. The van der Waals surface area contributed by atoms with E-state index in [1.165, 1.54) is 11.1 Å². The van der Waals surface area contributed by atoms with Crippen LogP contribution in [0, 0.1) is 0 Å². The largest absolute Gasteiger partial charge is 0.473 e. The lowest BCUT2D eigenvalue weighted by Crippen LogP contribution is -2.21. The summed E-state index contributed by atoms with van der Waals surface area (Å²) < 4.78 is 6.44. The molecule has 0 bridgehead atoms. The Labute approximate surface area is 131 Å². The molecule has 0 saturated heterocycles. The molecular formula is C16H15BrN2O2. The highest BCUT2D eigenvalue weighted by atomic mass is 79.9. The number of rotatable bonds is 3. The molecule has 0 unspecified atom stereocenters. The molecule has 108 valence electrons. The average Bonchev–Trinajstić information content (AvgIpc) is 2.88. The molecule has 0 radical (unpaired) electrons. The van der Waals surface area contributed by atoms with Gasteiger partial charge < -0.3 is 9.64 Å². The summed E-state index contributed by atoms with van der Waals surface area (Å²) in [5.41, 5.74) is 3.50. The second-order valence-corrected chi connectivity index (χ2v) is 5.88. The van der Waals surface area contributed by atoms with Crippen LogP contribution in [-0.4, -0.2) is 15.8 Å². The summed E-state index contributed by atoms with van der Waals surface area (Å²) in [5.74, 6) is 0.706. The first-order valence-electron chi connectivity index (χ1n) is 6.73. The van der Waals surface area contributed by atoms with E-state index in [0.717, 1.165) is 10.2 Å². The highest BCUT2D eigenvalue weighted by molar-refractivity contribution is 9.10. The Bertz CT molecular complexity index is 688. The van der Waals surface area contributed by atoms with Crippen LogP contribution in [0.3, 0.4) is 0 Å². The van der Waals surface area contributed by atoms with E-state index in [1.54, 1.807) is 6.92 Å². The molecule has 0 atom stereocenters. The average molecular weight is 347 g/mol. The summed E-state index contributed by atoms with van der Waals surface area (Å²) >= 11 is 3.32. The maximum Gasteiger partial charge on any atom is 0.220 e. The SMILES string of the molecule is CC(=O)N1Cc2ccc(COc3cccc(Br)n3)cc2C1. The molecule has 0 saturated carbocycles. The first kappa shape index (κ1) is 14.1. The zero-order valence-electron chi connectivity index (χ0n) is 11.7. The van der Waals surface area contributed by atoms with Crippen molar-refractivity contribution in [2.24, 2.45) is 0 Å². The third-order valence-corrected chi connectivity index (χ3v) is 3.96. The van der Waals surface area contributed by atoms with Gasteiger partial charge in [0.15, 0.2) is 0 Å². The van der Waals surface area contributed by atoms with Gasteiger partial charge in [-0.3, -0.25) is 4.79 Å². The maximum atomic E-state index is 11.4. The Kier molecular flexibility index (Phi) is 3.92. The fraction of sp³-hybridized carbons (Fsp3) is 0.250. The van der Waals surface area contributed by atoms with Crippen molar-refractivity contribution >= 4 is 21.8 Å². The highest BCUT2D eigenvalue weighted by Crippen LogP contribution is 2.24. The summed E-state index contributed by atoms with van der Waals surface area (Å²) in [5, 5.41) is 0. The van der Waals surface area contributed by atoms with E-state index in [1.807, 2.05) is 29.2 Å². The van der Waals surface area contributed by atoms with Gasteiger partial charge in [-0.2, -0.15) is 0 Å². The smallest absolute Gasteiger partial charge is 0.220 e. The topological polar surface area (TPSA) is 42.4 Å². The number of halogens is 1. The monoisotopic (exact) mass is 346 g/mol. The molecule has 1 aromatic heterocycles. The van der Waals surface area contributed by atoms with Gasteiger partial charge in [-0.15, -0.1) is 0 Å². The number of fused-ring (bicyclic) bond motifs is 1. The lowest BCUT2D eigenvalue weighted by atomic mass is 10.1. The van der Waals surface area contributed by atoms with Crippen LogP contribution in [0.5, 0.6) is 5.88 Å². The number of ether oxygens (including phenoxy) is 1. The number of hydrogen-bond acceptors (Lipinski definition) is 3. The van der Waals surface area contributed by atoms with E-state index in [0.29, 0.717) is 25.6 Å². The molecule has 21 heavy (non-hydrogen) atoms. The first-order chi connectivity index (χ1) is 10.1. The molecular weight excluding hydrogens is 332 g/mol. The summed E-state index contributed by atoms with van der Waals surface area (Å²) in [7, 11) is 0. The van der Waals surface area contributed by atoms with E-state index < -0.39 is 0 Å². The highest BCUT2D eigenvalue weighted by Gasteiger charge is 2.20. The van der Waals surface area contributed by atoms with Gasteiger partial charge in [0.25, 0.3) is 0 Å². The summed E-state index contributed by atoms with van der Waals surface area (Å²) in [6.07, 6.45) is 0. The van der Waals surface area contributed by atoms with Gasteiger partial charge in [0, 0.05) is 26.1 Å². The summed E-state index contributed by atoms with van der Waals surface area (Å²) in [4.78, 5) is 17.5. The third-order valence-electron chi connectivity index (χ3n) is 3.51. The van der Waals surface area contributed by atoms with Crippen LogP contribution >= 0.6 is 15.9 Å². The van der Waals surface area contributed by atoms with Crippen molar-refractivity contribution in [3.8, 4) is 5.88 Å². The van der Waals surface area contributed by atoms with Gasteiger partial charge in [-0.1, -0.05) is 24.3 Å². The first-order valence-corrected chi connectivity index (χ1v) is 7.52. The number of nitrogens with zero attached hydrogens (tertiary/aromatic N) is 2. The van der Waals surface area contributed by atoms with Crippen LogP contribution in [0.25, 0.3) is 0 Å². The molecule has 2 heterocycles. The molecule has 1 aliphatic heterocycles. The van der Waals surface area contributed by atoms with Crippen LogP contribution in [0.2, 0.25) is 0 Å². The Morgan fingerprint density at radius 1 is 1.29 bits per heavy atom. The molecule has 4 nitrogen and oxygen atoms in total. The van der Waals surface area contributed by atoms with Crippen molar-refractivity contribution in [2.45, 2.75) is 26.6 Å². The van der Waals surface area contributed by atoms with Crippen LogP contribution in [0.15, 0.2) is 41.0 Å². The molecule has 1 aliphatic rings. The molecule has 2 aromatic rings. The van der Waals surface area contributed by atoms with E-state index in [9.17, 15) is 4.79 Å². The fourth-order valence-corrected chi connectivity index (χ4v) is 2.71. The predicted octanol–water partition coefficient (Wildman–Crippen LogP) is 3.29. The Morgan fingerprint density at radius 3 is 2.86 bits per heavy atom. The number of hydrogen-bond donors (Lipinski definition) is 0. The number of benzene rings is 1. The second-order valence-electron chi connectivity index (χ2n) is 5.07. The molecule has 1 aromatic carbocycles. The summed E-state index contributed by atoms with van der Waals surface area (Å²) in [6, 6.07) is 11.8. The molecule has 3 rings (SSSR count). The standard InChI is InChI=1S/C16H15BrN2O2/c1-11(20)19-8-13-6-5-12(7-14(13)9-19)10-21-16-4-2-3-15(17)18-16/h2-7H,8-10H2,1H3. The maximum absolute atomic E-state index is 11.4. The van der Waals surface area contributed by atoms with Crippen molar-refractivity contribution in [3.05, 3.63) is 57.7 Å². The van der Waals surface area contributed by atoms with Crippen LogP contribution < -0.4 is 4.74 Å². The lowest BCUT2D eigenvalue weighted by molar-refractivity contribution is -0.129. The third kappa shape index (κ3) is 3.24. The zero-order chi connectivity index (χ0) is 14.8. The number of carbonyl (C=O) groups excluding carboxylic acids is 1. The van der Waals surface area contributed by atoms with E-state index >= 15 is 0 Å². The fourth-order valence-electron chi connectivity index (χ4n) is 2.39. The molecule has 0 aliphatic carbocycles. The number of aromatic nitrogens is 1. The normalized spacial score (nSPS) is 13.1. The van der Waals surface area contributed by atoms with Gasteiger partial charge in [0.2, 0.25) is 11.8 Å².